The third kappa shape index (κ3) is 6.31. The van der Waals surface area contributed by atoms with Crippen LogP contribution in [-0.2, 0) is 16.6 Å². The van der Waals surface area contributed by atoms with Gasteiger partial charge in [0, 0.05) is 22.3 Å². The Morgan fingerprint density at radius 1 is 1.11 bits per heavy atom. The minimum atomic E-state index is -0.733. The van der Waals surface area contributed by atoms with Gasteiger partial charge < -0.3 is 5.32 Å². The van der Waals surface area contributed by atoms with Gasteiger partial charge in [-0.1, -0.05) is 36.2 Å². The predicted molar refractivity (Wildman–Crippen MR) is 80.4 cm³/mol. The molecule has 1 rings (SSSR count). The lowest BCUT2D eigenvalue weighted by molar-refractivity contribution is 0.652. The maximum atomic E-state index is 12.0. The van der Waals surface area contributed by atoms with Crippen molar-refractivity contribution in [2.24, 2.45) is 0 Å². The summed E-state index contributed by atoms with van der Waals surface area (Å²) in [6, 6.07) is 6.43. The van der Waals surface area contributed by atoms with Crippen LogP contribution in [0.1, 0.15) is 36.5 Å². The van der Waals surface area contributed by atoms with Crippen LogP contribution in [0.2, 0.25) is 0 Å². The van der Waals surface area contributed by atoms with Crippen LogP contribution in [0.4, 0.5) is 0 Å². The van der Waals surface area contributed by atoms with E-state index in [1.807, 2.05) is 0 Å². The third-order valence-corrected chi connectivity index (χ3v) is 4.16. The van der Waals surface area contributed by atoms with E-state index >= 15 is 0 Å². The molecule has 1 N–H and O–H groups in total. The zero-order valence-corrected chi connectivity index (χ0v) is 12.6. The molecular weight excluding hydrogens is 242 g/mol. The van der Waals surface area contributed by atoms with Crippen LogP contribution in [0.15, 0.2) is 18.2 Å². The van der Waals surface area contributed by atoms with E-state index in [0.717, 1.165) is 31.7 Å². The Labute approximate surface area is 114 Å². The first-order chi connectivity index (χ1) is 8.61. The van der Waals surface area contributed by atoms with Gasteiger partial charge in [0.1, 0.15) is 0 Å². The molecule has 0 aliphatic heterocycles. The van der Waals surface area contributed by atoms with Crippen LogP contribution in [0.25, 0.3) is 0 Å². The van der Waals surface area contributed by atoms with Crippen molar-refractivity contribution in [1.82, 2.24) is 5.32 Å². The number of hydrogen-bond donors (Lipinski definition) is 1. The molecule has 0 aliphatic rings. The highest BCUT2D eigenvalue weighted by Gasteiger charge is 2.03. The van der Waals surface area contributed by atoms with Crippen molar-refractivity contribution in [2.75, 3.05) is 18.8 Å². The Hall–Kier alpha value is -0.670. The molecule has 0 heterocycles. The fraction of sp³-hybridized carbons (Fsp3) is 0.600. The number of hydrogen-bond acceptors (Lipinski definition) is 2. The summed E-state index contributed by atoms with van der Waals surface area (Å²) in [6.07, 6.45) is 2.16. The van der Waals surface area contributed by atoms with Crippen LogP contribution < -0.4 is 5.32 Å². The van der Waals surface area contributed by atoms with Gasteiger partial charge >= 0.3 is 0 Å². The highest BCUT2D eigenvalue weighted by Crippen LogP contribution is 2.11. The molecule has 1 aromatic rings. The summed E-state index contributed by atoms with van der Waals surface area (Å²) in [4.78, 5) is 0. The monoisotopic (exact) mass is 267 g/mol. The van der Waals surface area contributed by atoms with E-state index in [9.17, 15) is 4.21 Å². The Morgan fingerprint density at radius 2 is 1.78 bits per heavy atom. The lowest BCUT2D eigenvalue weighted by Crippen LogP contribution is -2.18. The summed E-state index contributed by atoms with van der Waals surface area (Å²) >= 11 is 0. The number of benzene rings is 1. The largest absolute Gasteiger partial charge is 0.317 e. The standard InChI is InChI=1S/C15H25NOS/c1-4-6-16-7-5-8-18(17)12-15-10-13(2)9-14(3)11-15/h9-11,16H,4-8,12H2,1-3H3. The van der Waals surface area contributed by atoms with E-state index in [1.54, 1.807) is 0 Å². The molecule has 0 saturated heterocycles. The highest BCUT2D eigenvalue weighted by molar-refractivity contribution is 7.84. The molecule has 1 aromatic carbocycles. The molecule has 2 nitrogen and oxygen atoms in total. The predicted octanol–water partition coefficient (Wildman–Crippen LogP) is 2.94. The molecule has 0 amide bonds. The van der Waals surface area contributed by atoms with Gasteiger partial charge in [-0.3, -0.25) is 4.21 Å². The summed E-state index contributed by atoms with van der Waals surface area (Å²) in [7, 11) is -0.733. The van der Waals surface area contributed by atoms with Crippen molar-refractivity contribution < 1.29 is 4.21 Å². The van der Waals surface area contributed by atoms with E-state index in [-0.39, 0.29) is 0 Å². The Kier molecular flexibility index (Phi) is 7.21. The molecule has 3 heteroatoms. The smallest absolute Gasteiger partial charge is 0.0485 e. The van der Waals surface area contributed by atoms with E-state index in [0.29, 0.717) is 5.75 Å². The first-order valence-corrected chi connectivity index (χ1v) is 8.23. The number of aryl methyl sites for hydroxylation is 2. The van der Waals surface area contributed by atoms with Gasteiger partial charge in [-0.2, -0.15) is 0 Å². The van der Waals surface area contributed by atoms with Crippen molar-refractivity contribution in [3.63, 3.8) is 0 Å². The van der Waals surface area contributed by atoms with E-state index in [4.69, 9.17) is 0 Å². The summed E-state index contributed by atoms with van der Waals surface area (Å²) in [5.74, 6) is 1.49. The van der Waals surface area contributed by atoms with Gasteiger partial charge in [-0.15, -0.1) is 0 Å². The van der Waals surface area contributed by atoms with Gasteiger partial charge in [0.2, 0.25) is 0 Å². The van der Waals surface area contributed by atoms with E-state index in [1.165, 1.54) is 16.7 Å². The van der Waals surface area contributed by atoms with E-state index < -0.39 is 10.8 Å². The minimum Gasteiger partial charge on any atom is -0.317 e. The zero-order valence-electron chi connectivity index (χ0n) is 11.8. The number of rotatable bonds is 8. The maximum Gasteiger partial charge on any atom is 0.0485 e. The fourth-order valence-electron chi connectivity index (χ4n) is 2.07. The van der Waals surface area contributed by atoms with Crippen LogP contribution in [-0.4, -0.2) is 23.1 Å². The fourth-order valence-corrected chi connectivity index (χ4v) is 3.22. The lowest BCUT2D eigenvalue weighted by atomic mass is 10.1. The van der Waals surface area contributed by atoms with Gasteiger partial charge in [0.25, 0.3) is 0 Å². The highest BCUT2D eigenvalue weighted by atomic mass is 32.2. The molecule has 102 valence electrons. The molecule has 0 fully saturated rings. The van der Waals surface area contributed by atoms with Gasteiger partial charge in [0.05, 0.1) is 0 Å². The first kappa shape index (κ1) is 15.4. The summed E-state index contributed by atoms with van der Waals surface area (Å²) in [6.45, 7) is 8.38. The van der Waals surface area contributed by atoms with Crippen molar-refractivity contribution in [1.29, 1.82) is 0 Å². The molecular formula is C15H25NOS. The molecule has 1 atom stereocenters. The summed E-state index contributed by atoms with van der Waals surface area (Å²) in [5, 5.41) is 3.34. The average Bonchev–Trinajstić information content (AvgIpc) is 2.27. The SMILES string of the molecule is CCCNCCCS(=O)Cc1cc(C)cc(C)c1. The van der Waals surface area contributed by atoms with Crippen LogP contribution in [0.5, 0.6) is 0 Å². The Balaban J connectivity index is 2.31. The Bertz CT molecular complexity index is 370. The second kappa shape index (κ2) is 8.44. The maximum absolute atomic E-state index is 12.0. The van der Waals surface area contributed by atoms with E-state index in [2.05, 4.69) is 44.3 Å². The van der Waals surface area contributed by atoms with Crippen LogP contribution in [0.3, 0.4) is 0 Å². The second-order valence-corrected chi connectivity index (χ2v) is 6.46. The van der Waals surface area contributed by atoms with Crippen molar-refractivity contribution in [3.8, 4) is 0 Å². The van der Waals surface area contributed by atoms with Gasteiger partial charge in [-0.25, -0.2) is 0 Å². The molecule has 18 heavy (non-hydrogen) atoms. The summed E-state index contributed by atoms with van der Waals surface area (Å²) in [5.41, 5.74) is 3.71. The zero-order chi connectivity index (χ0) is 13.4. The average molecular weight is 267 g/mol. The number of nitrogens with one attached hydrogen (secondary N) is 1. The van der Waals surface area contributed by atoms with Crippen molar-refractivity contribution in [3.05, 3.63) is 34.9 Å². The quantitative estimate of drug-likeness (QED) is 0.734. The topological polar surface area (TPSA) is 29.1 Å². The summed E-state index contributed by atoms with van der Waals surface area (Å²) < 4.78 is 12.0. The van der Waals surface area contributed by atoms with Crippen molar-refractivity contribution >= 4 is 10.8 Å². The lowest BCUT2D eigenvalue weighted by Gasteiger charge is -2.06. The normalized spacial score (nSPS) is 12.6. The first-order valence-electron chi connectivity index (χ1n) is 6.74. The molecule has 0 bridgehead atoms. The molecule has 0 aromatic heterocycles. The molecule has 0 spiro atoms. The molecule has 0 aliphatic carbocycles. The minimum absolute atomic E-state index is 0.691. The molecule has 0 radical (unpaired) electrons. The van der Waals surface area contributed by atoms with Gasteiger partial charge in [0.15, 0.2) is 0 Å². The van der Waals surface area contributed by atoms with Crippen LogP contribution in [0, 0.1) is 13.8 Å². The van der Waals surface area contributed by atoms with Crippen molar-refractivity contribution in [2.45, 2.75) is 39.4 Å². The van der Waals surface area contributed by atoms with Crippen LogP contribution >= 0.6 is 0 Å². The van der Waals surface area contributed by atoms with Gasteiger partial charge in [-0.05, 0) is 45.3 Å². The second-order valence-electron chi connectivity index (χ2n) is 4.89. The molecule has 1 unspecified atom stereocenters. The molecule has 0 saturated carbocycles. The third-order valence-electron chi connectivity index (χ3n) is 2.76. The Morgan fingerprint density at radius 3 is 2.39 bits per heavy atom.